The normalized spacial score (nSPS) is 17.6. The van der Waals surface area contributed by atoms with Gasteiger partial charge in [-0.15, -0.1) is 5.10 Å². The number of aromatic nitrogens is 5. The summed E-state index contributed by atoms with van der Waals surface area (Å²) >= 11 is 0. The molecule has 1 N–H and O–H groups in total. The molecule has 0 atom stereocenters. The molecule has 0 bridgehead atoms. The molecule has 0 unspecified atom stereocenters. The van der Waals surface area contributed by atoms with E-state index in [-0.39, 0.29) is 0 Å². The topological polar surface area (TPSA) is 80.0 Å². The van der Waals surface area contributed by atoms with Crippen LogP contribution < -0.4 is 4.90 Å². The summed E-state index contributed by atoms with van der Waals surface area (Å²) in [6.07, 6.45) is 4.89. The van der Waals surface area contributed by atoms with Gasteiger partial charge in [-0.05, 0) is 6.92 Å². The van der Waals surface area contributed by atoms with Crippen LogP contribution in [0.5, 0.6) is 0 Å². The zero-order chi connectivity index (χ0) is 12.8. The first-order chi connectivity index (χ1) is 8.60. The number of hydrogen-bond acceptors (Lipinski definition) is 6. The Morgan fingerprint density at radius 1 is 1.33 bits per heavy atom. The monoisotopic (exact) mass is 246 g/mol. The molecule has 0 amide bonds. The van der Waals surface area contributed by atoms with Crippen LogP contribution in [-0.2, 0) is 12.6 Å². The lowest BCUT2D eigenvalue weighted by Crippen LogP contribution is -2.60. The summed E-state index contributed by atoms with van der Waals surface area (Å²) in [6, 6.07) is 0. The van der Waals surface area contributed by atoms with Gasteiger partial charge in [0.1, 0.15) is 17.7 Å². The molecule has 2 aromatic rings. The van der Waals surface area contributed by atoms with Crippen LogP contribution in [0.3, 0.4) is 0 Å². The van der Waals surface area contributed by atoms with Gasteiger partial charge in [-0.25, -0.2) is 14.6 Å². The van der Waals surface area contributed by atoms with Crippen LogP contribution >= 0.6 is 0 Å². The molecule has 7 nitrogen and oxygen atoms in total. The first-order valence-corrected chi connectivity index (χ1v) is 5.69. The van der Waals surface area contributed by atoms with Crippen LogP contribution in [0.2, 0.25) is 0 Å². The molecule has 18 heavy (non-hydrogen) atoms. The summed E-state index contributed by atoms with van der Waals surface area (Å²) in [4.78, 5) is 10.2. The fourth-order valence-corrected chi connectivity index (χ4v) is 2.33. The molecule has 2 aromatic heterocycles. The van der Waals surface area contributed by atoms with Gasteiger partial charge >= 0.3 is 0 Å². The summed E-state index contributed by atoms with van der Waals surface area (Å²) in [5.41, 5.74) is 0.837. The molecule has 0 aromatic carbocycles. The average molecular weight is 246 g/mol. The van der Waals surface area contributed by atoms with Crippen LogP contribution in [-0.4, -0.2) is 43.2 Å². The molecule has 1 aliphatic heterocycles. The van der Waals surface area contributed by atoms with Crippen molar-refractivity contribution in [1.82, 2.24) is 25.0 Å². The van der Waals surface area contributed by atoms with E-state index in [1.54, 1.807) is 24.1 Å². The van der Waals surface area contributed by atoms with Crippen molar-refractivity contribution in [2.75, 3.05) is 18.0 Å². The van der Waals surface area contributed by atoms with E-state index in [2.05, 4.69) is 20.3 Å². The van der Waals surface area contributed by atoms with E-state index in [1.807, 2.05) is 11.8 Å². The largest absolute Gasteiger partial charge is 0.380 e. The van der Waals surface area contributed by atoms with Crippen LogP contribution in [0.15, 0.2) is 18.7 Å². The van der Waals surface area contributed by atoms with Crippen LogP contribution in [0, 0.1) is 6.92 Å². The van der Waals surface area contributed by atoms with Gasteiger partial charge in [0, 0.05) is 18.8 Å². The van der Waals surface area contributed by atoms with Gasteiger partial charge in [0.15, 0.2) is 0 Å². The summed E-state index contributed by atoms with van der Waals surface area (Å²) in [6.45, 7) is 2.94. The quantitative estimate of drug-likeness (QED) is 0.778. The average Bonchev–Trinajstić information content (AvgIpc) is 2.73. The lowest BCUT2D eigenvalue weighted by atomic mass is 9.90. The Morgan fingerprint density at radius 3 is 2.72 bits per heavy atom. The Labute approximate surface area is 104 Å². The number of hydrogen-bond donors (Lipinski definition) is 1. The van der Waals surface area contributed by atoms with Crippen molar-refractivity contribution in [2.45, 2.75) is 12.5 Å². The second kappa shape index (κ2) is 3.74. The van der Waals surface area contributed by atoms with E-state index in [4.69, 9.17) is 0 Å². The van der Waals surface area contributed by atoms with Crippen LogP contribution in [0.25, 0.3) is 0 Å². The molecule has 1 saturated heterocycles. The van der Waals surface area contributed by atoms with Gasteiger partial charge in [0.25, 0.3) is 0 Å². The van der Waals surface area contributed by atoms with E-state index in [0.717, 1.165) is 17.1 Å². The number of aliphatic hydroxyl groups is 1. The van der Waals surface area contributed by atoms with Crippen molar-refractivity contribution in [3.63, 3.8) is 0 Å². The van der Waals surface area contributed by atoms with Crippen molar-refractivity contribution in [2.24, 2.45) is 7.05 Å². The highest BCUT2D eigenvalue weighted by molar-refractivity contribution is 5.49. The molecule has 0 aliphatic carbocycles. The SMILES string of the molecule is Cc1cncnc1N1CC(O)(c2cnnn2C)C1. The van der Waals surface area contributed by atoms with E-state index < -0.39 is 5.60 Å². The standard InChI is InChI=1S/C11H14N6O/c1-8-3-12-7-13-10(8)17-5-11(18,6-17)9-4-14-15-16(9)2/h3-4,7,18H,5-6H2,1-2H3. The molecular weight excluding hydrogens is 232 g/mol. The Morgan fingerprint density at radius 2 is 2.11 bits per heavy atom. The maximum atomic E-state index is 10.5. The van der Waals surface area contributed by atoms with Gasteiger partial charge in [-0.3, -0.25) is 0 Å². The number of rotatable bonds is 2. The Hall–Kier alpha value is -2.02. The minimum absolute atomic E-state index is 0.492. The Balaban J connectivity index is 1.81. The molecule has 3 rings (SSSR count). The smallest absolute Gasteiger partial charge is 0.142 e. The van der Waals surface area contributed by atoms with Crippen molar-refractivity contribution >= 4 is 5.82 Å². The minimum atomic E-state index is -0.893. The highest BCUT2D eigenvalue weighted by atomic mass is 16.3. The zero-order valence-corrected chi connectivity index (χ0v) is 10.3. The number of β-amino-alcohol motifs (C(OH)–C–C–N with tert-alkyl or cyclic N) is 1. The number of nitrogens with zero attached hydrogens (tertiary/aromatic N) is 6. The number of anilines is 1. The third kappa shape index (κ3) is 1.55. The van der Waals surface area contributed by atoms with Gasteiger partial charge in [0.2, 0.25) is 0 Å². The Bertz CT molecular complexity index is 574. The van der Waals surface area contributed by atoms with Gasteiger partial charge in [-0.2, -0.15) is 0 Å². The highest BCUT2D eigenvalue weighted by Gasteiger charge is 2.46. The zero-order valence-electron chi connectivity index (χ0n) is 10.3. The predicted molar refractivity (Wildman–Crippen MR) is 63.9 cm³/mol. The maximum Gasteiger partial charge on any atom is 0.142 e. The van der Waals surface area contributed by atoms with E-state index in [1.165, 1.54) is 6.33 Å². The van der Waals surface area contributed by atoms with Crippen LogP contribution in [0.4, 0.5) is 5.82 Å². The molecule has 1 fully saturated rings. The predicted octanol–water partition coefficient (Wildman–Crippen LogP) is -0.379. The number of aryl methyl sites for hydroxylation is 2. The summed E-state index contributed by atoms with van der Waals surface area (Å²) < 4.78 is 1.60. The van der Waals surface area contributed by atoms with E-state index >= 15 is 0 Å². The van der Waals surface area contributed by atoms with Crippen molar-refractivity contribution in [3.05, 3.63) is 30.0 Å². The molecule has 0 radical (unpaired) electrons. The van der Waals surface area contributed by atoms with Crippen molar-refractivity contribution in [3.8, 4) is 0 Å². The first kappa shape index (κ1) is 11.1. The van der Waals surface area contributed by atoms with Crippen molar-refractivity contribution in [1.29, 1.82) is 0 Å². The summed E-state index contributed by atoms with van der Waals surface area (Å²) in [7, 11) is 1.78. The minimum Gasteiger partial charge on any atom is -0.380 e. The molecule has 1 aliphatic rings. The maximum absolute atomic E-state index is 10.5. The van der Waals surface area contributed by atoms with Gasteiger partial charge < -0.3 is 10.0 Å². The van der Waals surface area contributed by atoms with E-state index in [0.29, 0.717) is 13.1 Å². The van der Waals surface area contributed by atoms with Gasteiger partial charge in [-0.1, -0.05) is 5.21 Å². The van der Waals surface area contributed by atoms with E-state index in [9.17, 15) is 5.11 Å². The molecule has 7 heteroatoms. The lowest BCUT2D eigenvalue weighted by molar-refractivity contribution is -0.000574. The lowest BCUT2D eigenvalue weighted by Gasteiger charge is -2.46. The Kier molecular flexibility index (Phi) is 2.30. The fourth-order valence-electron chi connectivity index (χ4n) is 2.33. The summed E-state index contributed by atoms with van der Waals surface area (Å²) in [5.74, 6) is 0.866. The van der Waals surface area contributed by atoms with Gasteiger partial charge in [0.05, 0.1) is 25.0 Å². The second-order valence-corrected chi connectivity index (χ2v) is 4.66. The molecule has 0 spiro atoms. The third-order valence-electron chi connectivity index (χ3n) is 3.26. The van der Waals surface area contributed by atoms with Crippen molar-refractivity contribution < 1.29 is 5.11 Å². The fraction of sp³-hybridized carbons (Fsp3) is 0.455. The molecule has 0 saturated carbocycles. The molecule has 3 heterocycles. The summed E-state index contributed by atoms with van der Waals surface area (Å²) in [5, 5.41) is 18.1. The molecule has 94 valence electrons. The second-order valence-electron chi connectivity index (χ2n) is 4.66. The molecular formula is C11H14N6O. The third-order valence-corrected chi connectivity index (χ3v) is 3.26. The highest BCUT2D eigenvalue weighted by Crippen LogP contribution is 2.34. The first-order valence-electron chi connectivity index (χ1n) is 5.69. The van der Waals surface area contributed by atoms with Crippen LogP contribution in [0.1, 0.15) is 11.3 Å².